The van der Waals surface area contributed by atoms with Gasteiger partial charge in [0.2, 0.25) is 0 Å². The molecule has 0 unspecified atom stereocenters. The highest BCUT2D eigenvalue weighted by molar-refractivity contribution is 5.97. The molecule has 194 valence electrons. The van der Waals surface area contributed by atoms with Gasteiger partial charge in [-0.1, -0.05) is 29.8 Å². The molecular weight excluding hydrogens is 474 g/mol. The fraction of sp³-hybridized carbons (Fsp3) is 0.250. The normalized spacial score (nSPS) is 10.6. The Hall–Kier alpha value is -4.53. The number of rotatable bonds is 12. The molecule has 0 atom stereocenters. The number of carbonyl (C=O) groups is 2. The first-order valence-electron chi connectivity index (χ1n) is 11.7. The van der Waals surface area contributed by atoms with Crippen LogP contribution in [0.3, 0.4) is 0 Å². The molecular formula is C28H31N3O6. The number of amides is 2. The van der Waals surface area contributed by atoms with Gasteiger partial charge in [0.15, 0.2) is 23.0 Å². The van der Waals surface area contributed by atoms with Crippen molar-refractivity contribution in [3.05, 3.63) is 82.9 Å². The third-order valence-electron chi connectivity index (χ3n) is 5.24. The number of hydrogen-bond acceptors (Lipinski definition) is 7. The summed E-state index contributed by atoms with van der Waals surface area (Å²) < 4.78 is 22.0. The van der Waals surface area contributed by atoms with Crippen molar-refractivity contribution >= 4 is 18.0 Å². The Labute approximate surface area is 216 Å². The topological polar surface area (TPSA) is 107 Å². The van der Waals surface area contributed by atoms with Gasteiger partial charge in [-0.2, -0.15) is 5.10 Å². The first-order chi connectivity index (χ1) is 17.9. The summed E-state index contributed by atoms with van der Waals surface area (Å²) in [5.41, 5.74) is 5.68. The first kappa shape index (κ1) is 27.1. The van der Waals surface area contributed by atoms with Gasteiger partial charge in [-0.05, 0) is 61.4 Å². The molecule has 0 fully saturated rings. The van der Waals surface area contributed by atoms with Gasteiger partial charge in [0.05, 0.1) is 33.6 Å². The molecule has 9 heteroatoms. The number of ether oxygens (including phenoxy) is 4. The lowest BCUT2D eigenvalue weighted by Crippen LogP contribution is -2.34. The van der Waals surface area contributed by atoms with E-state index in [-0.39, 0.29) is 6.54 Å². The molecule has 0 aromatic heterocycles. The Kier molecular flexibility index (Phi) is 9.90. The van der Waals surface area contributed by atoms with Gasteiger partial charge in [0, 0.05) is 5.56 Å². The van der Waals surface area contributed by atoms with Gasteiger partial charge in [-0.15, -0.1) is 0 Å². The van der Waals surface area contributed by atoms with Gasteiger partial charge in [0.25, 0.3) is 11.8 Å². The van der Waals surface area contributed by atoms with E-state index in [1.54, 1.807) is 24.3 Å². The van der Waals surface area contributed by atoms with Gasteiger partial charge in [0.1, 0.15) is 6.61 Å². The number of aryl methyl sites for hydroxylation is 1. The summed E-state index contributed by atoms with van der Waals surface area (Å²) in [6.45, 7) is 4.56. The van der Waals surface area contributed by atoms with E-state index in [0.717, 1.165) is 5.56 Å². The van der Waals surface area contributed by atoms with E-state index in [4.69, 9.17) is 18.9 Å². The summed E-state index contributed by atoms with van der Waals surface area (Å²) in [5, 5.41) is 6.51. The van der Waals surface area contributed by atoms with Crippen LogP contribution in [0.2, 0.25) is 0 Å². The summed E-state index contributed by atoms with van der Waals surface area (Å²) in [6, 6.07) is 18.2. The van der Waals surface area contributed by atoms with Gasteiger partial charge in [-0.3, -0.25) is 9.59 Å². The summed E-state index contributed by atoms with van der Waals surface area (Å²) >= 11 is 0. The fourth-order valence-electron chi connectivity index (χ4n) is 3.30. The van der Waals surface area contributed by atoms with Crippen molar-refractivity contribution in [1.29, 1.82) is 0 Å². The molecule has 3 aromatic rings. The molecule has 0 aliphatic heterocycles. The first-order valence-corrected chi connectivity index (χ1v) is 11.7. The van der Waals surface area contributed by atoms with E-state index in [2.05, 4.69) is 15.8 Å². The number of hydrazone groups is 1. The minimum atomic E-state index is -0.479. The van der Waals surface area contributed by atoms with Crippen LogP contribution in [0, 0.1) is 6.92 Å². The maximum Gasteiger partial charge on any atom is 0.259 e. The Morgan fingerprint density at radius 1 is 0.865 bits per heavy atom. The molecule has 0 radical (unpaired) electrons. The molecule has 2 amide bonds. The average molecular weight is 506 g/mol. The SMILES string of the molecule is CCOc1cc(/C=N/NC(=O)CNC(=O)c2ccc(OC)c(OC)c2)ccc1OCc1ccc(C)cc1. The van der Waals surface area contributed by atoms with E-state index in [9.17, 15) is 9.59 Å². The molecule has 37 heavy (non-hydrogen) atoms. The number of nitrogens with one attached hydrogen (secondary N) is 2. The van der Waals surface area contributed by atoms with Crippen LogP contribution in [0.4, 0.5) is 0 Å². The Balaban J connectivity index is 1.53. The molecule has 0 saturated heterocycles. The van der Waals surface area contributed by atoms with Crippen molar-refractivity contribution in [3.8, 4) is 23.0 Å². The summed E-state index contributed by atoms with van der Waals surface area (Å²) in [4.78, 5) is 24.5. The number of hydrogen-bond donors (Lipinski definition) is 2. The second-order valence-corrected chi connectivity index (χ2v) is 7.96. The van der Waals surface area contributed by atoms with Crippen molar-refractivity contribution in [2.24, 2.45) is 5.10 Å². The Morgan fingerprint density at radius 2 is 1.59 bits per heavy atom. The number of nitrogens with zero attached hydrogens (tertiary/aromatic N) is 1. The van der Waals surface area contributed by atoms with E-state index >= 15 is 0 Å². The van der Waals surface area contributed by atoms with E-state index in [1.165, 1.54) is 32.1 Å². The minimum Gasteiger partial charge on any atom is -0.493 e. The molecule has 0 bridgehead atoms. The molecule has 0 aliphatic rings. The zero-order chi connectivity index (χ0) is 26.6. The van der Waals surface area contributed by atoms with Gasteiger partial charge in [-0.25, -0.2) is 5.43 Å². The van der Waals surface area contributed by atoms with Gasteiger partial charge >= 0.3 is 0 Å². The largest absolute Gasteiger partial charge is 0.493 e. The lowest BCUT2D eigenvalue weighted by Gasteiger charge is -2.13. The van der Waals surface area contributed by atoms with Crippen LogP contribution in [0.15, 0.2) is 65.8 Å². The van der Waals surface area contributed by atoms with E-state index in [0.29, 0.717) is 47.3 Å². The molecule has 0 saturated carbocycles. The highest BCUT2D eigenvalue weighted by Gasteiger charge is 2.12. The molecule has 3 aromatic carbocycles. The van der Waals surface area contributed by atoms with Crippen molar-refractivity contribution in [2.75, 3.05) is 27.4 Å². The standard InChI is InChI=1S/C28H31N3O6/c1-5-36-26-14-21(10-12-24(26)37-18-20-8-6-19(2)7-9-20)16-30-31-27(32)17-29-28(33)22-11-13-23(34-3)25(15-22)35-4/h6-16H,5,17-18H2,1-4H3,(H,29,33)(H,31,32)/b30-16+. The minimum absolute atomic E-state index is 0.250. The van der Waals surface area contributed by atoms with Crippen LogP contribution >= 0.6 is 0 Å². The molecule has 2 N–H and O–H groups in total. The summed E-state index contributed by atoms with van der Waals surface area (Å²) in [5.74, 6) is 1.20. The predicted octanol–water partition coefficient (Wildman–Crippen LogP) is 3.87. The van der Waals surface area contributed by atoms with Crippen LogP contribution in [-0.2, 0) is 11.4 Å². The highest BCUT2D eigenvalue weighted by Crippen LogP contribution is 2.29. The number of methoxy groups -OCH3 is 2. The maximum atomic E-state index is 12.4. The molecule has 3 rings (SSSR count). The molecule has 0 heterocycles. The summed E-state index contributed by atoms with van der Waals surface area (Å²) in [7, 11) is 2.99. The van der Waals surface area contributed by atoms with Crippen molar-refractivity contribution in [1.82, 2.24) is 10.7 Å². The monoisotopic (exact) mass is 505 g/mol. The predicted molar refractivity (Wildman–Crippen MR) is 141 cm³/mol. The van der Waals surface area contributed by atoms with Crippen LogP contribution in [-0.4, -0.2) is 45.4 Å². The lowest BCUT2D eigenvalue weighted by molar-refractivity contribution is -0.120. The van der Waals surface area contributed by atoms with E-state index < -0.39 is 11.8 Å². The third-order valence-corrected chi connectivity index (χ3v) is 5.24. The second-order valence-electron chi connectivity index (χ2n) is 7.96. The maximum absolute atomic E-state index is 12.4. The Morgan fingerprint density at radius 3 is 2.30 bits per heavy atom. The zero-order valence-corrected chi connectivity index (χ0v) is 21.4. The fourth-order valence-corrected chi connectivity index (χ4v) is 3.30. The smallest absolute Gasteiger partial charge is 0.259 e. The van der Waals surface area contributed by atoms with E-state index in [1.807, 2.05) is 44.2 Å². The van der Waals surface area contributed by atoms with Crippen LogP contribution < -0.4 is 29.7 Å². The zero-order valence-electron chi connectivity index (χ0n) is 21.4. The van der Waals surface area contributed by atoms with Crippen molar-refractivity contribution in [2.45, 2.75) is 20.5 Å². The third kappa shape index (κ3) is 7.99. The quantitative estimate of drug-likeness (QED) is 0.286. The molecule has 0 spiro atoms. The number of benzene rings is 3. The van der Waals surface area contributed by atoms with Crippen molar-refractivity contribution < 1.29 is 28.5 Å². The van der Waals surface area contributed by atoms with Gasteiger partial charge < -0.3 is 24.3 Å². The average Bonchev–Trinajstić information content (AvgIpc) is 2.92. The van der Waals surface area contributed by atoms with Crippen LogP contribution in [0.25, 0.3) is 0 Å². The molecule has 0 aliphatic carbocycles. The van der Waals surface area contributed by atoms with Crippen LogP contribution in [0.5, 0.6) is 23.0 Å². The second kappa shape index (κ2) is 13.5. The summed E-state index contributed by atoms with van der Waals surface area (Å²) in [6.07, 6.45) is 1.49. The highest BCUT2D eigenvalue weighted by atomic mass is 16.5. The molecule has 9 nitrogen and oxygen atoms in total. The Bertz CT molecular complexity index is 1240. The lowest BCUT2D eigenvalue weighted by atomic mass is 10.2. The number of carbonyl (C=O) groups excluding carboxylic acids is 2. The van der Waals surface area contributed by atoms with Crippen LogP contribution in [0.1, 0.15) is 34.0 Å². The van der Waals surface area contributed by atoms with Crippen molar-refractivity contribution in [3.63, 3.8) is 0 Å².